The predicted molar refractivity (Wildman–Crippen MR) is 199 cm³/mol. The predicted octanol–water partition coefficient (Wildman–Crippen LogP) is 11.8. The Labute approximate surface area is 287 Å². The third kappa shape index (κ3) is 4.11. The van der Waals surface area contributed by atoms with Crippen LogP contribution in [0.25, 0.3) is 61.1 Å². The van der Waals surface area contributed by atoms with Gasteiger partial charge in [0.05, 0.1) is 11.0 Å². The van der Waals surface area contributed by atoms with Crippen LogP contribution in [0.5, 0.6) is 0 Å². The van der Waals surface area contributed by atoms with Gasteiger partial charge in [-0.3, -0.25) is 4.57 Å². The van der Waals surface area contributed by atoms with Crippen molar-refractivity contribution in [1.82, 2.24) is 14.5 Å². The van der Waals surface area contributed by atoms with Crippen LogP contribution in [-0.2, 0) is 5.41 Å². The summed E-state index contributed by atoms with van der Waals surface area (Å²) in [5.41, 5.74) is 12.2. The van der Waals surface area contributed by atoms with Crippen molar-refractivity contribution >= 4 is 45.3 Å². The standard InChI is InChI=1S/C43H29N3S2/c1-43(2)34-23-28(16-18-30(34)32-19-21-39-41(40(32)43)48-38-15-9-8-14-37(38)47-39)27-17-20-36-33(22-27)31-12-6-7-13-35(31)46(36)42-44-24-29(25-45-42)26-10-4-3-5-11-26/h3-25H,1-2H3. The van der Waals surface area contributed by atoms with Crippen molar-refractivity contribution in [1.29, 1.82) is 0 Å². The molecule has 6 aromatic carbocycles. The van der Waals surface area contributed by atoms with E-state index in [2.05, 4.69) is 128 Å². The van der Waals surface area contributed by atoms with E-state index in [9.17, 15) is 0 Å². The number of para-hydroxylation sites is 1. The summed E-state index contributed by atoms with van der Waals surface area (Å²) in [5, 5.41) is 2.39. The van der Waals surface area contributed by atoms with Crippen molar-refractivity contribution in [3.05, 3.63) is 151 Å². The fraction of sp³-hybridized carbons (Fsp3) is 0.0698. The molecule has 8 aromatic rings. The normalized spacial score (nSPS) is 14.0. The van der Waals surface area contributed by atoms with E-state index >= 15 is 0 Å². The van der Waals surface area contributed by atoms with E-state index in [1.165, 1.54) is 63.7 Å². The van der Waals surface area contributed by atoms with Crippen LogP contribution in [0.2, 0.25) is 0 Å². The first-order valence-corrected chi connectivity index (χ1v) is 17.9. The van der Waals surface area contributed by atoms with Crippen LogP contribution in [0.1, 0.15) is 25.0 Å². The minimum absolute atomic E-state index is 0.116. The zero-order chi connectivity index (χ0) is 32.0. The van der Waals surface area contributed by atoms with E-state index in [0.29, 0.717) is 5.95 Å². The molecule has 0 spiro atoms. The summed E-state index contributed by atoms with van der Waals surface area (Å²) < 4.78 is 2.18. The highest BCUT2D eigenvalue weighted by Gasteiger charge is 2.39. The molecule has 2 aromatic heterocycles. The molecule has 0 fully saturated rings. The van der Waals surface area contributed by atoms with Crippen molar-refractivity contribution in [2.45, 2.75) is 38.8 Å². The van der Waals surface area contributed by atoms with Gasteiger partial charge in [0.15, 0.2) is 0 Å². The van der Waals surface area contributed by atoms with E-state index in [1.807, 2.05) is 54.1 Å². The summed E-state index contributed by atoms with van der Waals surface area (Å²) >= 11 is 3.83. The van der Waals surface area contributed by atoms with E-state index in [1.54, 1.807) is 0 Å². The highest BCUT2D eigenvalue weighted by atomic mass is 32.2. The first-order valence-electron chi connectivity index (χ1n) is 16.2. The lowest BCUT2D eigenvalue weighted by Crippen LogP contribution is -2.17. The zero-order valence-electron chi connectivity index (χ0n) is 26.4. The van der Waals surface area contributed by atoms with Crippen molar-refractivity contribution < 1.29 is 0 Å². The van der Waals surface area contributed by atoms with Crippen LogP contribution in [0.3, 0.4) is 0 Å². The molecule has 0 unspecified atom stereocenters. The Morgan fingerprint density at radius 2 is 1.19 bits per heavy atom. The molecular weight excluding hydrogens is 623 g/mol. The Morgan fingerprint density at radius 3 is 2.02 bits per heavy atom. The summed E-state index contributed by atoms with van der Waals surface area (Å²) in [6.07, 6.45) is 3.84. The van der Waals surface area contributed by atoms with Gasteiger partial charge in [-0.15, -0.1) is 0 Å². The highest BCUT2D eigenvalue weighted by Crippen LogP contribution is 2.58. The van der Waals surface area contributed by atoms with Gasteiger partial charge < -0.3 is 0 Å². The second kappa shape index (κ2) is 10.4. The third-order valence-electron chi connectivity index (χ3n) is 9.96. The molecule has 5 heteroatoms. The number of rotatable bonds is 3. The lowest BCUT2D eigenvalue weighted by atomic mass is 9.81. The molecule has 48 heavy (non-hydrogen) atoms. The summed E-state index contributed by atoms with van der Waals surface area (Å²) in [4.78, 5) is 15.2. The summed E-state index contributed by atoms with van der Waals surface area (Å²) in [7, 11) is 0. The van der Waals surface area contributed by atoms with Crippen molar-refractivity contribution in [2.24, 2.45) is 0 Å². The molecule has 0 saturated carbocycles. The van der Waals surface area contributed by atoms with Gasteiger partial charge >= 0.3 is 0 Å². The molecule has 3 nitrogen and oxygen atoms in total. The lowest BCUT2D eigenvalue weighted by Gasteiger charge is -2.28. The Morgan fingerprint density at radius 1 is 0.521 bits per heavy atom. The molecule has 10 rings (SSSR count). The Hall–Kier alpha value is -5.10. The average molecular weight is 652 g/mol. The molecule has 0 amide bonds. The van der Waals surface area contributed by atoms with Crippen LogP contribution in [0.15, 0.2) is 159 Å². The first-order chi connectivity index (χ1) is 23.5. The van der Waals surface area contributed by atoms with Crippen LogP contribution < -0.4 is 0 Å². The maximum Gasteiger partial charge on any atom is 0.234 e. The number of fused-ring (bicyclic) bond motifs is 9. The van der Waals surface area contributed by atoms with Gasteiger partial charge in [-0.2, -0.15) is 0 Å². The van der Waals surface area contributed by atoms with Crippen LogP contribution >= 0.6 is 23.5 Å². The van der Waals surface area contributed by atoms with Crippen molar-refractivity contribution in [3.63, 3.8) is 0 Å². The maximum atomic E-state index is 4.85. The highest BCUT2D eigenvalue weighted by molar-refractivity contribution is 8.05. The monoisotopic (exact) mass is 651 g/mol. The maximum absolute atomic E-state index is 4.85. The summed E-state index contributed by atoms with van der Waals surface area (Å²) in [6, 6.07) is 46.2. The molecule has 0 radical (unpaired) electrons. The van der Waals surface area contributed by atoms with E-state index in [4.69, 9.17) is 9.97 Å². The molecule has 3 heterocycles. The van der Waals surface area contributed by atoms with E-state index < -0.39 is 0 Å². The van der Waals surface area contributed by atoms with Crippen molar-refractivity contribution in [2.75, 3.05) is 0 Å². The Kier molecular flexibility index (Phi) is 6.09. The topological polar surface area (TPSA) is 30.7 Å². The fourth-order valence-corrected chi connectivity index (χ4v) is 10.2. The molecule has 0 bridgehead atoms. The minimum Gasteiger partial charge on any atom is -0.278 e. The molecule has 0 saturated heterocycles. The van der Waals surface area contributed by atoms with Gasteiger partial charge in [0.25, 0.3) is 0 Å². The lowest BCUT2D eigenvalue weighted by molar-refractivity contribution is 0.642. The number of hydrogen-bond acceptors (Lipinski definition) is 4. The van der Waals surface area contributed by atoms with Gasteiger partial charge in [-0.25, -0.2) is 9.97 Å². The number of nitrogens with zero attached hydrogens (tertiary/aromatic N) is 3. The molecule has 2 aliphatic rings. The number of aromatic nitrogens is 3. The summed E-state index contributed by atoms with van der Waals surface area (Å²) in [6.45, 7) is 4.79. The fourth-order valence-electron chi connectivity index (χ4n) is 7.63. The van der Waals surface area contributed by atoms with Gasteiger partial charge in [0.1, 0.15) is 0 Å². The number of hydrogen-bond donors (Lipinski definition) is 0. The van der Waals surface area contributed by atoms with Crippen LogP contribution in [0, 0.1) is 0 Å². The second-order valence-electron chi connectivity index (χ2n) is 13.1. The van der Waals surface area contributed by atoms with Crippen LogP contribution in [-0.4, -0.2) is 14.5 Å². The zero-order valence-corrected chi connectivity index (χ0v) is 28.1. The smallest absolute Gasteiger partial charge is 0.234 e. The molecule has 1 aliphatic carbocycles. The third-order valence-corrected chi connectivity index (χ3v) is 12.6. The van der Waals surface area contributed by atoms with Crippen LogP contribution in [0.4, 0.5) is 0 Å². The van der Waals surface area contributed by atoms with Gasteiger partial charge in [0.2, 0.25) is 5.95 Å². The van der Waals surface area contributed by atoms with Gasteiger partial charge in [-0.1, -0.05) is 122 Å². The van der Waals surface area contributed by atoms with E-state index in [0.717, 1.165) is 22.2 Å². The van der Waals surface area contributed by atoms with Gasteiger partial charge in [0, 0.05) is 53.7 Å². The molecular formula is C43H29N3S2. The van der Waals surface area contributed by atoms with Crippen molar-refractivity contribution in [3.8, 4) is 39.3 Å². The molecule has 0 N–H and O–H groups in total. The second-order valence-corrected chi connectivity index (χ2v) is 15.2. The SMILES string of the molecule is CC1(C)c2cc(-c3ccc4c(c3)c3ccccc3n4-c3ncc(-c4ccccc4)cn3)ccc2-c2ccc3c(c21)Sc1ccccc1S3. The van der Waals surface area contributed by atoms with E-state index in [-0.39, 0.29) is 5.41 Å². The van der Waals surface area contributed by atoms with Gasteiger partial charge in [-0.05, 0) is 81.4 Å². The summed E-state index contributed by atoms with van der Waals surface area (Å²) in [5.74, 6) is 0.674. The first kappa shape index (κ1) is 28.0. The Bertz CT molecular complexity index is 2580. The average Bonchev–Trinajstić information content (AvgIpc) is 3.59. The molecule has 0 atom stereocenters. The Balaban J connectivity index is 1.07. The molecule has 228 valence electrons. The minimum atomic E-state index is -0.116. The molecule has 1 aliphatic heterocycles. The number of benzene rings is 6. The largest absolute Gasteiger partial charge is 0.278 e. The quantitative estimate of drug-likeness (QED) is 0.190.